The molecule has 0 spiro atoms. The summed E-state index contributed by atoms with van der Waals surface area (Å²) in [4.78, 5) is 3.66. The van der Waals surface area contributed by atoms with Crippen LogP contribution in [-0.4, -0.2) is 24.6 Å². The van der Waals surface area contributed by atoms with Crippen molar-refractivity contribution in [1.82, 2.24) is 0 Å². The normalized spacial score (nSPS) is 13.2. The van der Waals surface area contributed by atoms with Crippen molar-refractivity contribution in [2.24, 2.45) is 10.9 Å². The van der Waals surface area contributed by atoms with E-state index in [-0.39, 0.29) is 46.0 Å². The van der Waals surface area contributed by atoms with E-state index in [2.05, 4.69) is 17.6 Å². The summed E-state index contributed by atoms with van der Waals surface area (Å²) in [5.41, 5.74) is 2.33. The molecule has 0 amide bonds. The van der Waals surface area contributed by atoms with Crippen LogP contribution in [0.1, 0.15) is 11.1 Å². The van der Waals surface area contributed by atoms with Gasteiger partial charge in [0.15, 0.2) is 0 Å². The largest absolute Gasteiger partial charge is 1.00 e. The standard InChI is InChI=1S/C17H19NO4S2.Na/c1-12-5-7-13(8-6-12)9-14(11-23)17(19)18-15-3-2-4-16(10-15)24(20,21)22;/h2-8,10,14,23H,9,11H2,1H3,(H,18,19)(H,20,21,22);/q;+1/p-1. The minimum atomic E-state index is -4.33. The minimum absolute atomic E-state index is 0. The van der Waals surface area contributed by atoms with Gasteiger partial charge in [0.1, 0.15) is 0 Å². The molecule has 1 unspecified atom stereocenters. The van der Waals surface area contributed by atoms with Crippen molar-refractivity contribution < 1.29 is 47.6 Å². The summed E-state index contributed by atoms with van der Waals surface area (Å²) in [5, 5.41) is 12.3. The van der Waals surface area contributed by atoms with Crippen molar-refractivity contribution in [1.29, 1.82) is 0 Å². The van der Waals surface area contributed by atoms with Crippen LogP contribution in [0, 0.1) is 12.8 Å². The molecule has 0 radical (unpaired) electrons. The molecular formula is C17H18NNaO4S2. The SMILES string of the molecule is Cc1ccc(CC(CS)C([O-])=Nc2cccc(S(=O)(=O)O)c2)cc1.[Na+]. The molecule has 5 nitrogen and oxygen atoms in total. The van der Waals surface area contributed by atoms with Crippen molar-refractivity contribution in [2.45, 2.75) is 18.2 Å². The van der Waals surface area contributed by atoms with E-state index in [9.17, 15) is 13.5 Å². The van der Waals surface area contributed by atoms with Gasteiger partial charge in [0, 0.05) is 0 Å². The molecule has 0 aliphatic carbocycles. The van der Waals surface area contributed by atoms with Crippen LogP contribution in [0.2, 0.25) is 0 Å². The number of nitrogens with zero attached hydrogens (tertiary/aromatic N) is 1. The topological polar surface area (TPSA) is 89.8 Å². The Morgan fingerprint density at radius 2 is 1.88 bits per heavy atom. The fourth-order valence-corrected chi connectivity index (χ4v) is 2.98. The van der Waals surface area contributed by atoms with Crippen LogP contribution >= 0.6 is 12.6 Å². The molecular weight excluding hydrogens is 369 g/mol. The molecule has 0 fully saturated rings. The first kappa shape index (κ1) is 22.2. The van der Waals surface area contributed by atoms with E-state index in [4.69, 9.17) is 4.55 Å². The molecule has 0 bridgehead atoms. The third-order valence-corrected chi connectivity index (χ3v) is 4.82. The van der Waals surface area contributed by atoms with Gasteiger partial charge in [-0.2, -0.15) is 21.0 Å². The number of thiol groups is 1. The second-order valence-electron chi connectivity index (χ2n) is 5.49. The Labute approximate surface area is 175 Å². The molecule has 0 saturated carbocycles. The van der Waals surface area contributed by atoms with E-state index in [0.29, 0.717) is 12.2 Å². The van der Waals surface area contributed by atoms with Crippen LogP contribution in [-0.2, 0) is 16.5 Å². The monoisotopic (exact) mass is 387 g/mol. The van der Waals surface area contributed by atoms with Crippen molar-refractivity contribution in [3.8, 4) is 0 Å². The number of hydrogen-bond donors (Lipinski definition) is 2. The average Bonchev–Trinajstić information content (AvgIpc) is 2.53. The van der Waals surface area contributed by atoms with Crippen molar-refractivity contribution >= 4 is 34.3 Å². The minimum Gasteiger partial charge on any atom is -0.861 e. The molecule has 0 aliphatic heterocycles. The van der Waals surface area contributed by atoms with Crippen molar-refractivity contribution in [3.63, 3.8) is 0 Å². The summed E-state index contributed by atoms with van der Waals surface area (Å²) >= 11 is 4.22. The van der Waals surface area contributed by atoms with E-state index >= 15 is 0 Å². The molecule has 2 rings (SSSR count). The zero-order valence-electron chi connectivity index (χ0n) is 14.1. The Morgan fingerprint density at radius 3 is 2.44 bits per heavy atom. The Hall–Kier alpha value is -0.830. The summed E-state index contributed by atoms with van der Waals surface area (Å²) < 4.78 is 31.3. The Bertz CT molecular complexity index is 836. The maximum Gasteiger partial charge on any atom is 1.00 e. The molecule has 0 aliphatic rings. The Balaban J connectivity index is 0.00000312. The molecule has 1 atom stereocenters. The smallest absolute Gasteiger partial charge is 0.861 e. The van der Waals surface area contributed by atoms with Crippen LogP contribution in [0.25, 0.3) is 0 Å². The quantitative estimate of drug-likeness (QED) is 0.228. The van der Waals surface area contributed by atoms with Crippen LogP contribution in [0.3, 0.4) is 0 Å². The summed E-state index contributed by atoms with van der Waals surface area (Å²) in [5.74, 6) is -0.461. The first-order chi connectivity index (χ1) is 11.3. The summed E-state index contributed by atoms with van der Waals surface area (Å²) in [6.07, 6.45) is 0.504. The molecule has 0 saturated heterocycles. The van der Waals surface area contributed by atoms with Crippen LogP contribution in [0.4, 0.5) is 5.69 Å². The maximum atomic E-state index is 12.3. The van der Waals surface area contributed by atoms with Crippen LogP contribution in [0.15, 0.2) is 58.4 Å². The first-order valence-corrected chi connectivity index (χ1v) is 9.36. The summed E-state index contributed by atoms with van der Waals surface area (Å²) in [6.45, 7) is 1.99. The van der Waals surface area contributed by atoms with E-state index < -0.39 is 16.0 Å². The van der Waals surface area contributed by atoms with Gasteiger partial charge in [-0.3, -0.25) is 9.55 Å². The summed E-state index contributed by atoms with van der Waals surface area (Å²) in [6, 6.07) is 13.2. The van der Waals surface area contributed by atoms with Gasteiger partial charge in [-0.15, -0.1) is 0 Å². The van der Waals surface area contributed by atoms with Crippen molar-refractivity contribution in [2.75, 3.05) is 5.75 Å². The second kappa shape index (κ2) is 9.75. The fraction of sp³-hybridized carbons (Fsp3) is 0.235. The predicted molar refractivity (Wildman–Crippen MR) is 95.6 cm³/mol. The molecule has 128 valence electrons. The predicted octanol–water partition coefficient (Wildman–Crippen LogP) is -0.575. The zero-order chi connectivity index (χ0) is 17.7. The number of aryl methyl sites for hydroxylation is 1. The molecule has 2 aromatic rings. The zero-order valence-corrected chi connectivity index (χ0v) is 17.8. The molecule has 1 N–H and O–H groups in total. The number of hydrogen-bond acceptors (Lipinski definition) is 5. The first-order valence-electron chi connectivity index (χ1n) is 7.29. The fourth-order valence-electron chi connectivity index (χ4n) is 2.17. The molecule has 25 heavy (non-hydrogen) atoms. The number of benzene rings is 2. The summed E-state index contributed by atoms with van der Waals surface area (Å²) in [7, 11) is -4.33. The van der Waals surface area contributed by atoms with Gasteiger partial charge in [-0.05, 0) is 54.7 Å². The van der Waals surface area contributed by atoms with Gasteiger partial charge in [0.25, 0.3) is 10.1 Å². The maximum absolute atomic E-state index is 12.3. The van der Waals surface area contributed by atoms with Crippen LogP contribution in [0.5, 0.6) is 0 Å². The van der Waals surface area contributed by atoms with Gasteiger partial charge in [0.2, 0.25) is 0 Å². The molecule has 0 heterocycles. The number of rotatable bonds is 6. The van der Waals surface area contributed by atoms with Gasteiger partial charge < -0.3 is 5.11 Å². The van der Waals surface area contributed by atoms with Crippen LogP contribution < -0.4 is 34.7 Å². The van der Waals surface area contributed by atoms with E-state index in [1.807, 2.05) is 31.2 Å². The Kier molecular flexibility index (Phi) is 8.67. The van der Waals surface area contributed by atoms with Gasteiger partial charge in [-0.1, -0.05) is 35.9 Å². The molecule has 0 aromatic heterocycles. The third kappa shape index (κ3) is 6.77. The van der Waals surface area contributed by atoms with Gasteiger partial charge in [-0.25, -0.2) is 0 Å². The van der Waals surface area contributed by atoms with E-state index in [1.54, 1.807) is 0 Å². The van der Waals surface area contributed by atoms with Crippen molar-refractivity contribution in [3.05, 3.63) is 59.7 Å². The van der Waals surface area contributed by atoms with Gasteiger partial charge in [0.05, 0.1) is 10.6 Å². The van der Waals surface area contributed by atoms with E-state index in [0.717, 1.165) is 17.2 Å². The van der Waals surface area contributed by atoms with Gasteiger partial charge >= 0.3 is 29.6 Å². The second-order valence-corrected chi connectivity index (χ2v) is 7.28. The molecule has 8 heteroatoms. The number of aliphatic imine (C=N–C) groups is 1. The van der Waals surface area contributed by atoms with E-state index in [1.165, 1.54) is 18.2 Å². The Morgan fingerprint density at radius 1 is 1.24 bits per heavy atom. The molecule has 2 aromatic carbocycles. The average molecular weight is 387 g/mol. The third-order valence-electron chi connectivity index (χ3n) is 3.53.